The van der Waals surface area contributed by atoms with E-state index in [0.29, 0.717) is 23.9 Å². The van der Waals surface area contributed by atoms with Crippen LogP contribution in [0.5, 0.6) is 0 Å². The fraction of sp³-hybridized carbons (Fsp3) is 0.500. The molecule has 0 unspecified atom stereocenters. The minimum atomic E-state index is 0.357. The molecule has 1 aromatic rings. The first kappa shape index (κ1) is 15.2. The number of allylic oxidation sites excluding steroid dienone is 1. The van der Waals surface area contributed by atoms with E-state index in [9.17, 15) is 0 Å². The molecule has 2 heterocycles. The number of rotatable bonds is 4. The van der Waals surface area contributed by atoms with Crippen LogP contribution < -0.4 is 11.1 Å². The molecule has 4 N–H and O–H groups in total. The lowest BCUT2D eigenvalue weighted by atomic mass is 10.3. The summed E-state index contributed by atoms with van der Waals surface area (Å²) in [5.74, 6) is 1.52. The van der Waals surface area contributed by atoms with Gasteiger partial charge in [-0.3, -0.25) is 10.1 Å². The first-order chi connectivity index (χ1) is 10.1. The summed E-state index contributed by atoms with van der Waals surface area (Å²) in [7, 11) is 1.87. The summed E-state index contributed by atoms with van der Waals surface area (Å²) < 4.78 is 1.76. The highest BCUT2D eigenvalue weighted by molar-refractivity contribution is 6.01. The van der Waals surface area contributed by atoms with E-state index in [1.165, 1.54) is 0 Å². The molecule has 0 radical (unpaired) electrons. The molecule has 0 amide bonds. The lowest BCUT2D eigenvalue weighted by molar-refractivity contribution is 0.352. The van der Waals surface area contributed by atoms with Crippen LogP contribution in [0, 0.1) is 5.41 Å². The maximum Gasteiger partial charge on any atom is 0.176 e. The van der Waals surface area contributed by atoms with Crippen molar-refractivity contribution in [2.45, 2.75) is 13.3 Å². The highest BCUT2D eigenvalue weighted by Crippen LogP contribution is 2.13. The summed E-state index contributed by atoms with van der Waals surface area (Å²) in [5, 5.41) is 15.7. The van der Waals surface area contributed by atoms with Gasteiger partial charge in [0.2, 0.25) is 0 Å². The standard InChI is InChI=1S/C14H23N7/c1-3-4-11-9-14(19-20(11)2)18-12(15)10-13(16)21-7-5-17-6-8-21/h3-4,9,16-17H,5-8,10H2,1-2H3,(H2,15,18,19). The molecule has 0 aliphatic carbocycles. The molecule has 1 saturated heterocycles. The van der Waals surface area contributed by atoms with Crippen molar-refractivity contribution in [3.05, 3.63) is 17.8 Å². The Morgan fingerprint density at radius 1 is 1.52 bits per heavy atom. The minimum absolute atomic E-state index is 0.357. The summed E-state index contributed by atoms with van der Waals surface area (Å²) in [6, 6.07) is 1.88. The van der Waals surface area contributed by atoms with Gasteiger partial charge in [-0.25, -0.2) is 4.99 Å². The van der Waals surface area contributed by atoms with Gasteiger partial charge < -0.3 is 16.0 Å². The zero-order valence-corrected chi connectivity index (χ0v) is 12.6. The predicted molar refractivity (Wildman–Crippen MR) is 86.0 cm³/mol. The maximum atomic E-state index is 8.09. The Morgan fingerprint density at radius 2 is 2.24 bits per heavy atom. The lowest BCUT2D eigenvalue weighted by Crippen LogP contribution is -2.47. The normalized spacial score (nSPS) is 16.7. The maximum absolute atomic E-state index is 8.09. The number of aryl methyl sites for hydroxylation is 1. The van der Waals surface area contributed by atoms with Crippen molar-refractivity contribution >= 4 is 23.6 Å². The van der Waals surface area contributed by atoms with Gasteiger partial charge in [-0.05, 0) is 13.0 Å². The number of aliphatic imine (C=N–C) groups is 1. The summed E-state index contributed by atoms with van der Waals surface area (Å²) in [5.41, 5.74) is 6.92. The van der Waals surface area contributed by atoms with Crippen LogP contribution >= 0.6 is 0 Å². The molecule has 0 atom stereocenters. The molecule has 7 heteroatoms. The van der Waals surface area contributed by atoms with E-state index in [1.54, 1.807) is 4.68 Å². The molecular formula is C14H23N7. The molecule has 0 spiro atoms. The van der Waals surface area contributed by atoms with Crippen molar-refractivity contribution in [2.75, 3.05) is 26.2 Å². The van der Waals surface area contributed by atoms with Crippen LogP contribution in [0.1, 0.15) is 19.0 Å². The van der Waals surface area contributed by atoms with Gasteiger partial charge in [-0.15, -0.1) is 0 Å². The quantitative estimate of drug-likeness (QED) is 0.562. The van der Waals surface area contributed by atoms with Crippen LogP contribution in [0.4, 0.5) is 5.82 Å². The van der Waals surface area contributed by atoms with Crippen LogP contribution in [0.2, 0.25) is 0 Å². The van der Waals surface area contributed by atoms with E-state index >= 15 is 0 Å². The van der Waals surface area contributed by atoms with Crippen LogP contribution in [-0.2, 0) is 7.05 Å². The topological polar surface area (TPSA) is 95.3 Å². The second-order valence-corrected chi connectivity index (χ2v) is 5.01. The molecule has 7 nitrogen and oxygen atoms in total. The van der Waals surface area contributed by atoms with Gasteiger partial charge in [0.25, 0.3) is 0 Å². The Hall–Kier alpha value is -2.15. The average Bonchev–Trinajstić information content (AvgIpc) is 2.80. The van der Waals surface area contributed by atoms with E-state index < -0.39 is 0 Å². The summed E-state index contributed by atoms with van der Waals surface area (Å²) in [4.78, 5) is 6.33. The van der Waals surface area contributed by atoms with Crippen molar-refractivity contribution in [3.63, 3.8) is 0 Å². The third-order valence-electron chi connectivity index (χ3n) is 3.35. The summed E-state index contributed by atoms with van der Waals surface area (Å²) >= 11 is 0. The molecular weight excluding hydrogens is 266 g/mol. The summed E-state index contributed by atoms with van der Waals surface area (Å²) in [6.45, 7) is 5.47. The second kappa shape index (κ2) is 7.03. The molecule has 1 aliphatic heterocycles. The Kier molecular flexibility index (Phi) is 5.10. The zero-order chi connectivity index (χ0) is 15.2. The van der Waals surface area contributed by atoms with Gasteiger partial charge in [-0.1, -0.05) is 6.08 Å². The van der Waals surface area contributed by atoms with Crippen LogP contribution in [0.15, 0.2) is 17.1 Å². The number of nitrogens with two attached hydrogens (primary N) is 1. The molecule has 1 aliphatic rings. The van der Waals surface area contributed by atoms with Crippen LogP contribution in [-0.4, -0.2) is 52.5 Å². The van der Waals surface area contributed by atoms with E-state index in [4.69, 9.17) is 11.1 Å². The Morgan fingerprint density at radius 3 is 2.90 bits per heavy atom. The molecule has 114 valence electrons. The number of nitrogens with one attached hydrogen (secondary N) is 2. The monoisotopic (exact) mass is 289 g/mol. The number of amidine groups is 2. The fourth-order valence-electron chi connectivity index (χ4n) is 2.25. The molecule has 1 aromatic heterocycles. The predicted octanol–water partition coefficient (Wildman–Crippen LogP) is 0.714. The number of hydrogen-bond donors (Lipinski definition) is 3. The largest absolute Gasteiger partial charge is 0.387 e. The van der Waals surface area contributed by atoms with Gasteiger partial charge in [0.1, 0.15) is 11.7 Å². The smallest absolute Gasteiger partial charge is 0.176 e. The molecule has 21 heavy (non-hydrogen) atoms. The van der Waals surface area contributed by atoms with Gasteiger partial charge in [0.15, 0.2) is 5.82 Å². The van der Waals surface area contributed by atoms with Crippen molar-refractivity contribution in [3.8, 4) is 0 Å². The highest BCUT2D eigenvalue weighted by atomic mass is 15.3. The molecule has 1 fully saturated rings. The van der Waals surface area contributed by atoms with Crippen molar-refractivity contribution < 1.29 is 0 Å². The third kappa shape index (κ3) is 4.16. The Balaban J connectivity index is 2.00. The molecule has 0 saturated carbocycles. The number of nitrogens with zero attached hydrogens (tertiary/aromatic N) is 4. The number of hydrogen-bond acceptors (Lipinski definition) is 4. The van der Waals surface area contributed by atoms with E-state index in [1.807, 2.05) is 37.1 Å². The van der Waals surface area contributed by atoms with Gasteiger partial charge in [0.05, 0.1) is 12.1 Å². The Labute approximate surface area is 125 Å². The van der Waals surface area contributed by atoms with Crippen LogP contribution in [0.25, 0.3) is 6.08 Å². The van der Waals surface area contributed by atoms with Gasteiger partial charge in [0, 0.05) is 39.3 Å². The van der Waals surface area contributed by atoms with E-state index in [2.05, 4.69) is 15.4 Å². The SMILES string of the molecule is CC=Cc1cc(N=C(N)CC(=N)N2CCNCC2)nn1C. The number of aromatic nitrogens is 2. The van der Waals surface area contributed by atoms with Gasteiger partial charge in [-0.2, -0.15) is 5.10 Å². The molecule has 0 aromatic carbocycles. The lowest BCUT2D eigenvalue weighted by Gasteiger charge is -2.29. The second-order valence-electron chi connectivity index (χ2n) is 5.01. The van der Waals surface area contributed by atoms with Gasteiger partial charge >= 0.3 is 0 Å². The van der Waals surface area contributed by atoms with Crippen molar-refractivity contribution in [1.29, 1.82) is 5.41 Å². The van der Waals surface area contributed by atoms with Crippen molar-refractivity contribution in [2.24, 2.45) is 17.8 Å². The fourth-order valence-corrected chi connectivity index (χ4v) is 2.25. The third-order valence-corrected chi connectivity index (χ3v) is 3.35. The first-order valence-corrected chi connectivity index (χ1v) is 7.13. The molecule has 0 bridgehead atoms. The summed E-state index contributed by atoms with van der Waals surface area (Å²) in [6.07, 6.45) is 4.27. The molecule has 2 rings (SSSR count). The first-order valence-electron chi connectivity index (χ1n) is 7.13. The zero-order valence-electron chi connectivity index (χ0n) is 12.6. The minimum Gasteiger partial charge on any atom is -0.387 e. The highest BCUT2D eigenvalue weighted by Gasteiger charge is 2.14. The average molecular weight is 289 g/mol. The van der Waals surface area contributed by atoms with E-state index in [-0.39, 0.29) is 0 Å². The van der Waals surface area contributed by atoms with Crippen LogP contribution in [0.3, 0.4) is 0 Å². The van der Waals surface area contributed by atoms with E-state index in [0.717, 1.165) is 31.9 Å². The van der Waals surface area contributed by atoms with Crippen molar-refractivity contribution in [1.82, 2.24) is 20.0 Å². The Bertz CT molecular complexity index is 550. The number of piperazine rings is 1.